The Morgan fingerprint density at radius 3 is 2.61 bits per heavy atom. The van der Waals surface area contributed by atoms with Crippen molar-refractivity contribution in [2.75, 3.05) is 36.5 Å². The van der Waals surface area contributed by atoms with Crippen molar-refractivity contribution in [1.82, 2.24) is 20.2 Å². The van der Waals surface area contributed by atoms with Gasteiger partial charge in [-0.05, 0) is 29.8 Å². The van der Waals surface area contributed by atoms with Gasteiger partial charge >= 0.3 is 6.01 Å². The molecular weight excluding hydrogens is 400 g/mol. The summed E-state index contributed by atoms with van der Waals surface area (Å²) in [6.07, 6.45) is 5.01. The van der Waals surface area contributed by atoms with Gasteiger partial charge in [0.2, 0.25) is 5.95 Å². The van der Waals surface area contributed by atoms with Crippen molar-refractivity contribution in [2.45, 2.75) is 0 Å². The zero-order valence-corrected chi connectivity index (χ0v) is 16.4. The molecule has 31 heavy (non-hydrogen) atoms. The highest BCUT2D eigenvalue weighted by Gasteiger charge is 2.16. The summed E-state index contributed by atoms with van der Waals surface area (Å²) < 4.78 is 16.0. The van der Waals surface area contributed by atoms with Crippen LogP contribution in [0.3, 0.4) is 0 Å². The molecule has 1 fully saturated rings. The molecule has 1 saturated heterocycles. The normalized spacial score (nSPS) is 13.9. The summed E-state index contributed by atoms with van der Waals surface area (Å²) in [5, 5.41) is 10.3. The maximum Gasteiger partial charge on any atom is 0.322 e. The largest absolute Gasteiger partial charge is 0.459 e. The van der Waals surface area contributed by atoms with Crippen molar-refractivity contribution in [2.24, 2.45) is 0 Å². The summed E-state index contributed by atoms with van der Waals surface area (Å²) in [5.74, 6) is 0.911. The topological polar surface area (TPSA) is 119 Å². The van der Waals surface area contributed by atoms with E-state index in [1.807, 2.05) is 6.07 Å². The summed E-state index contributed by atoms with van der Waals surface area (Å²) in [5.41, 5.74) is 2.07. The lowest BCUT2D eigenvalue weighted by molar-refractivity contribution is 0.102. The number of carbonyl (C=O) groups is 1. The number of amides is 1. The minimum Gasteiger partial charge on any atom is -0.459 e. The minimum absolute atomic E-state index is 0.0139. The number of benzene rings is 1. The van der Waals surface area contributed by atoms with E-state index in [2.05, 4.69) is 30.4 Å². The van der Waals surface area contributed by atoms with Crippen LogP contribution in [0.2, 0.25) is 0 Å². The fourth-order valence-electron chi connectivity index (χ4n) is 3.18. The summed E-state index contributed by atoms with van der Waals surface area (Å²) in [7, 11) is 0. The van der Waals surface area contributed by atoms with E-state index in [9.17, 15) is 4.79 Å². The highest BCUT2D eigenvalue weighted by Crippen LogP contribution is 2.23. The molecule has 1 aliphatic heterocycles. The predicted molar refractivity (Wildman–Crippen MR) is 110 cm³/mol. The van der Waals surface area contributed by atoms with Gasteiger partial charge in [-0.15, -0.1) is 5.10 Å². The van der Waals surface area contributed by atoms with Crippen LogP contribution in [0.1, 0.15) is 10.4 Å². The predicted octanol–water partition coefficient (Wildman–Crippen LogP) is 2.88. The van der Waals surface area contributed by atoms with Crippen LogP contribution in [0.5, 0.6) is 0 Å². The van der Waals surface area contributed by atoms with E-state index in [-0.39, 0.29) is 17.8 Å². The van der Waals surface area contributed by atoms with E-state index in [4.69, 9.17) is 13.6 Å². The lowest BCUT2D eigenvalue weighted by Gasteiger charge is -2.26. The van der Waals surface area contributed by atoms with Gasteiger partial charge in [0, 0.05) is 36.6 Å². The third kappa shape index (κ3) is 4.14. The van der Waals surface area contributed by atoms with Crippen LogP contribution in [0, 0.1) is 0 Å². The van der Waals surface area contributed by atoms with Gasteiger partial charge in [0.05, 0.1) is 19.5 Å². The molecule has 0 spiro atoms. The molecule has 1 amide bonds. The Bertz CT molecular complexity index is 1170. The first-order valence-corrected chi connectivity index (χ1v) is 9.70. The van der Waals surface area contributed by atoms with Crippen molar-refractivity contribution < 1.29 is 18.4 Å². The summed E-state index contributed by atoms with van der Waals surface area (Å²) >= 11 is 0. The average Bonchev–Trinajstić information content (AvgIpc) is 3.52. The van der Waals surface area contributed by atoms with Gasteiger partial charge in [-0.25, -0.2) is 9.97 Å². The average molecular weight is 418 g/mol. The minimum atomic E-state index is -0.373. The Kier molecular flexibility index (Phi) is 5.11. The zero-order valence-electron chi connectivity index (χ0n) is 16.4. The van der Waals surface area contributed by atoms with Gasteiger partial charge in [-0.1, -0.05) is 17.2 Å². The highest BCUT2D eigenvalue weighted by molar-refractivity contribution is 6.03. The molecule has 0 saturated carbocycles. The van der Waals surface area contributed by atoms with E-state index < -0.39 is 0 Å². The zero-order chi connectivity index (χ0) is 21.0. The van der Waals surface area contributed by atoms with Crippen molar-refractivity contribution in [3.05, 3.63) is 60.6 Å². The summed E-state index contributed by atoms with van der Waals surface area (Å²) in [6, 6.07) is 10.5. The Morgan fingerprint density at radius 1 is 1.00 bits per heavy atom. The molecule has 3 aromatic heterocycles. The van der Waals surface area contributed by atoms with Gasteiger partial charge in [0.25, 0.3) is 11.8 Å². The molecule has 10 heteroatoms. The number of aromatic nitrogens is 4. The lowest BCUT2D eigenvalue weighted by atomic mass is 10.1. The fourth-order valence-corrected chi connectivity index (χ4v) is 3.18. The van der Waals surface area contributed by atoms with Gasteiger partial charge in [0.15, 0.2) is 5.76 Å². The molecule has 0 radical (unpaired) electrons. The van der Waals surface area contributed by atoms with Crippen LogP contribution >= 0.6 is 0 Å². The highest BCUT2D eigenvalue weighted by atomic mass is 16.5. The Hall–Kier alpha value is -4.05. The number of hydrogen-bond acceptors (Lipinski definition) is 9. The molecule has 4 heterocycles. The molecule has 0 unspecified atom stereocenters. The maximum absolute atomic E-state index is 12.6. The number of nitrogens with one attached hydrogen (secondary N) is 1. The van der Waals surface area contributed by atoms with Gasteiger partial charge in [0.1, 0.15) is 0 Å². The van der Waals surface area contributed by atoms with Gasteiger partial charge < -0.3 is 18.5 Å². The number of morpholine rings is 1. The van der Waals surface area contributed by atoms with Crippen LogP contribution < -0.4 is 10.2 Å². The van der Waals surface area contributed by atoms with Crippen LogP contribution in [-0.2, 0) is 4.74 Å². The lowest BCUT2D eigenvalue weighted by Crippen LogP contribution is -2.37. The van der Waals surface area contributed by atoms with Crippen LogP contribution in [0.25, 0.3) is 22.8 Å². The molecule has 1 aromatic carbocycles. The van der Waals surface area contributed by atoms with E-state index in [1.54, 1.807) is 42.7 Å². The molecule has 0 atom stereocenters. The Morgan fingerprint density at radius 2 is 1.84 bits per heavy atom. The third-order valence-electron chi connectivity index (χ3n) is 4.77. The molecule has 156 valence electrons. The fraction of sp³-hybridized carbons (Fsp3) is 0.190. The second-order valence-electron chi connectivity index (χ2n) is 6.80. The van der Waals surface area contributed by atoms with Crippen molar-refractivity contribution in [3.63, 3.8) is 0 Å². The summed E-state index contributed by atoms with van der Waals surface area (Å²) in [6.45, 7) is 2.88. The first-order chi connectivity index (χ1) is 15.3. The molecule has 4 aromatic rings. The standard InChI is InChI=1S/C21H18N6O4/c28-18(24-21-26-25-19(31-21)17-5-2-8-30-17)15-4-1-3-14(11-15)16-12-22-20(23-13-16)27-6-9-29-10-7-27/h1-5,8,11-13H,6-7,9-10H2,(H,24,26,28). The molecule has 0 aliphatic carbocycles. The molecule has 10 nitrogen and oxygen atoms in total. The molecule has 1 aliphatic rings. The van der Waals surface area contributed by atoms with Crippen molar-refractivity contribution in [1.29, 1.82) is 0 Å². The smallest absolute Gasteiger partial charge is 0.322 e. The van der Waals surface area contributed by atoms with E-state index in [0.717, 1.165) is 24.2 Å². The van der Waals surface area contributed by atoms with E-state index >= 15 is 0 Å². The number of ether oxygens (including phenoxy) is 1. The Balaban J connectivity index is 1.30. The molecular formula is C21H18N6O4. The molecule has 5 rings (SSSR count). The van der Waals surface area contributed by atoms with Gasteiger partial charge in [-0.3, -0.25) is 10.1 Å². The molecule has 1 N–H and O–H groups in total. The van der Waals surface area contributed by atoms with E-state index in [1.165, 1.54) is 6.26 Å². The number of rotatable bonds is 5. The van der Waals surface area contributed by atoms with Gasteiger partial charge in [-0.2, -0.15) is 0 Å². The maximum atomic E-state index is 12.6. The third-order valence-corrected chi connectivity index (χ3v) is 4.77. The van der Waals surface area contributed by atoms with E-state index in [0.29, 0.717) is 30.5 Å². The number of furan rings is 1. The molecule has 0 bridgehead atoms. The van der Waals surface area contributed by atoms with Crippen LogP contribution in [-0.4, -0.2) is 52.4 Å². The Labute approximate surface area is 176 Å². The first kappa shape index (κ1) is 18.9. The second-order valence-corrected chi connectivity index (χ2v) is 6.80. The number of hydrogen-bond donors (Lipinski definition) is 1. The monoisotopic (exact) mass is 418 g/mol. The van der Waals surface area contributed by atoms with Crippen LogP contribution in [0.4, 0.5) is 12.0 Å². The first-order valence-electron chi connectivity index (χ1n) is 9.70. The SMILES string of the molecule is O=C(Nc1nnc(-c2ccco2)o1)c1cccc(-c2cnc(N3CCOCC3)nc2)c1. The second kappa shape index (κ2) is 8.36. The quantitative estimate of drug-likeness (QED) is 0.521. The van der Waals surface area contributed by atoms with Crippen molar-refractivity contribution >= 4 is 17.9 Å². The number of anilines is 2. The van der Waals surface area contributed by atoms with Crippen LogP contribution in [0.15, 0.2) is 63.9 Å². The summed E-state index contributed by atoms with van der Waals surface area (Å²) in [4.78, 5) is 23.7. The van der Waals surface area contributed by atoms with Crippen molar-refractivity contribution in [3.8, 4) is 22.8 Å². The number of nitrogens with zero attached hydrogens (tertiary/aromatic N) is 5. The number of carbonyl (C=O) groups excluding carboxylic acids is 1.